The molecule has 1 saturated heterocycles. The molecule has 0 saturated carbocycles. The van der Waals surface area contributed by atoms with Crippen molar-refractivity contribution >= 4 is 22.5 Å². The van der Waals surface area contributed by atoms with Gasteiger partial charge < -0.3 is 15.2 Å². The fourth-order valence-corrected chi connectivity index (χ4v) is 2.68. The number of piperazine rings is 1. The van der Waals surface area contributed by atoms with Crippen LogP contribution in [0.3, 0.4) is 0 Å². The van der Waals surface area contributed by atoms with E-state index >= 15 is 0 Å². The van der Waals surface area contributed by atoms with Crippen LogP contribution in [0.25, 0.3) is 10.9 Å². The van der Waals surface area contributed by atoms with Gasteiger partial charge in [-0.25, -0.2) is 0 Å². The molecule has 0 amide bonds. The Morgan fingerprint density at radius 1 is 1.41 bits per heavy atom. The monoisotopic (exact) mass is 249 g/mol. The van der Waals surface area contributed by atoms with Crippen LogP contribution in [0.5, 0.6) is 0 Å². The maximum atomic E-state index is 6.07. The first-order chi connectivity index (χ1) is 8.24. The van der Waals surface area contributed by atoms with E-state index in [1.165, 1.54) is 10.9 Å². The Kier molecular flexibility index (Phi) is 2.82. The number of aromatic nitrogens is 1. The zero-order valence-corrected chi connectivity index (χ0v) is 10.6. The Balaban J connectivity index is 2.01. The number of nitrogens with one attached hydrogen (secondary N) is 2. The van der Waals surface area contributed by atoms with Crippen LogP contribution >= 0.6 is 11.6 Å². The lowest BCUT2D eigenvalue weighted by molar-refractivity contribution is 0.241. The summed E-state index contributed by atoms with van der Waals surface area (Å²) in [5, 5.41) is 5.58. The van der Waals surface area contributed by atoms with Crippen LogP contribution in [0, 0.1) is 0 Å². The maximum absolute atomic E-state index is 6.07. The van der Waals surface area contributed by atoms with Crippen LogP contribution in [0.15, 0.2) is 24.4 Å². The number of aromatic amines is 1. The van der Waals surface area contributed by atoms with Crippen molar-refractivity contribution in [3.8, 4) is 0 Å². The van der Waals surface area contributed by atoms with Gasteiger partial charge in [-0.2, -0.15) is 0 Å². The van der Waals surface area contributed by atoms with Crippen molar-refractivity contribution in [3.05, 3.63) is 35.0 Å². The van der Waals surface area contributed by atoms with Gasteiger partial charge in [0.25, 0.3) is 0 Å². The topological polar surface area (TPSA) is 31.1 Å². The number of hydrogen-bond donors (Lipinski definition) is 2. The highest BCUT2D eigenvalue weighted by Crippen LogP contribution is 2.28. The van der Waals surface area contributed by atoms with E-state index in [0.29, 0.717) is 6.04 Å². The molecule has 1 unspecified atom stereocenters. The molecule has 1 aliphatic rings. The highest BCUT2D eigenvalue weighted by molar-refractivity contribution is 6.31. The highest BCUT2D eigenvalue weighted by Gasteiger charge is 2.20. The standard InChI is InChI=1S/C13H16ClN3/c1-17-5-4-15-13(8-17)11-7-16-12-3-2-9(14)6-10(11)12/h2-3,6-7,13,15-16H,4-5,8H2,1H3. The minimum Gasteiger partial charge on any atom is -0.361 e. The van der Waals surface area contributed by atoms with Gasteiger partial charge in [-0.15, -0.1) is 0 Å². The van der Waals surface area contributed by atoms with E-state index in [9.17, 15) is 0 Å². The van der Waals surface area contributed by atoms with Crippen LogP contribution < -0.4 is 5.32 Å². The van der Waals surface area contributed by atoms with E-state index in [2.05, 4.69) is 28.4 Å². The molecule has 1 aliphatic heterocycles. The lowest BCUT2D eigenvalue weighted by Gasteiger charge is -2.30. The predicted octanol–water partition coefficient (Wildman–Crippen LogP) is 2.40. The van der Waals surface area contributed by atoms with Crippen LogP contribution in [-0.4, -0.2) is 36.6 Å². The van der Waals surface area contributed by atoms with Crippen LogP contribution in [0.4, 0.5) is 0 Å². The fraction of sp³-hybridized carbons (Fsp3) is 0.385. The second-order valence-electron chi connectivity index (χ2n) is 4.70. The second kappa shape index (κ2) is 4.33. The summed E-state index contributed by atoms with van der Waals surface area (Å²) in [4.78, 5) is 5.66. The molecule has 3 rings (SSSR count). The van der Waals surface area contributed by atoms with Gasteiger partial charge in [0.05, 0.1) is 0 Å². The van der Waals surface area contributed by atoms with E-state index in [-0.39, 0.29) is 0 Å². The van der Waals surface area contributed by atoms with Gasteiger partial charge in [0.1, 0.15) is 0 Å². The molecule has 1 aromatic carbocycles. The van der Waals surface area contributed by atoms with Gasteiger partial charge in [-0.3, -0.25) is 0 Å². The van der Waals surface area contributed by atoms with Gasteiger partial charge in [0.2, 0.25) is 0 Å². The number of rotatable bonds is 1. The summed E-state index contributed by atoms with van der Waals surface area (Å²) >= 11 is 6.07. The molecule has 0 spiro atoms. The Bertz CT molecular complexity index is 534. The van der Waals surface area contributed by atoms with E-state index in [1.807, 2.05) is 18.2 Å². The summed E-state index contributed by atoms with van der Waals surface area (Å²) in [6, 6.07) is 6.39. The molecule has 3 nitrogen and oxygen atoms in total. The van der Waals surface area contributed by atoms with E-state index in [0.717, 1.165) is 30.2 Å². The Morgan fingerprint density at radius 3 is 3.12 bits per heavy atom. The fourth-order valence-electron chi connectivity index (χ4n) is 2.51. The number of nitrogens with zero attached hydrogens (tertiary/aromatic N) is 1. The third kappa shape index (κ3) is 2.06. The van der Waals surface area contributed by atoms with Gasteiger partial charge in [0.15, 0.2) is 0 Å². The van der Waals surface area contributed by atoms with Gasteiger partial charge in [0, 0.05) is 47.8 Å². The minimum absolute atomic E-state index is 0.390. The Labute approximate surface area is 106 Å². The number of hydrogen-bond acceptors (Lipinski definition) is 2. The summed E-state index contributed by atoms with van der Waals surface area (Å²) in [5.41, 5.74) is 2.47. The first-order valence-electron chi connectivity index (χ1n) is 5.92. The number of benzene rings is 1. The van der Waals surface area contributed by atoms with Gasteiger partial charge in [-0.05, 0) is 30.8 Å². The van der Waals surface area contributed by atoms with Crippen molar-refractivity contribution in [2.75, 3.05) is 26.7 Å². The Hall–Kier alpha value is -1.03. The summed E-state index contributed by atoms with van der Waals surface area (Å²) < 4.78 is 0. The molecule has 17 heavy (non-hydrogen) atoms. The largest absolute Gasteiger partial charge is 0.361 e. The quantitative estimate of drug-likeness (QED) is 0.813. The van der Waals surface area contributed by atoms with Crippen LogP contribution in [-0.2, 0) is 0 Å². The molecule has 2 N–H and O–H groups in total. The average molecular weight is 250 g/mol. The summed E-state index contributed by atoms with van der Waals surface area (Å²) in [6.45, 7) is 3.19. The third-order valence-electron chi connectivity index (χ3n) is 3.43. The molecule has 1 aromatic heterocycles. The molecular weight excluding hydrogens is 234 g/mol. The lowest BCUT2D eigenvalue weighted by Crippen LogP contribution is -2.43. The zero-order valence-electron chi connectivity index (χ0n) is 9.83. The van der Waals surface area contributed by atoms with Crippen molar-refractivity contribution in [2.45, 2.75) is 6.04 Å². The van der Waals surface area contributed by atoms with Gasteiger partial charge in [-0.1, -0.05) is 11.6 Å². The first-order valence-corrected chi connectivity index (χ1v) is 6.30. The van der Waals surface area contributed by atoms with Crippen LogP contribution in [0.1, 0.15) is 11.6 Å². The molecule has 90 valence electrons. The SMILES string of the molecule is CN1CCNC(c2c[nH]c3ccc(Cl)cc23)C1. The highest BCUT2D eigenvalue weighted by atomic mass is 35.5. The van der Waals surface area contributed by atoms with Crippen molar-refractivity contribution in [3.63, 3.8) is 0 Å². The maximum Gasteiger partial charge on any atom is 0.0470 e. The molecule has 2 aromatic rings. The summed E-state index contributed by atoms with van der Waals surface area (Å²) in [7, 11) is 2.16. The molecule has 1 fully saturated rings. The first kappa shape index (κ1) is 11.1. The smallest absolute Gasteiger partial charge is 0.0470 e. The summed E-state index contributed by atoms with van der Waals surface area (Å²) in [5.74, 6) is 0. The summed E-state index contributed by atoms with van der Waals surface area (Å²) in [6.07, 6.45) is 2.10. The van der Waals surface area contributed by atoms with Gasteiger partial charge >= 0.3 is 0 Å². The number of likely N-dealkylation sites (N-methyl/N-ethyl adjacent to an activating group) is 1. The number of halogens is 1. The molecule has 4 heteroatoms. The normalized spacial score (nSPS) is 22.1. The van der Waals surface area contributed by atoms with Crippen molar-refractivity contribution < 1.29 is 0 Å². The molecular formula is C13H16ClN3. The predicted molar refractivity (Wildman–Crippen MR) is 71.5 cm³/mol. The zero-order chi connectivity index (χ0) is 11.8. The third-order valence-corrected chi connectivity index (χ3v) is 3.66. The number of H-pyrrole nitrogens is 1. The lowest BCUT2D eigenvalue weighted by atomic mass is 10.0. The minimum atomic E-state index is 0.390. The molecule has 1 atom stereocenters. The molecule has 2 heterocycles. The van der Waals surface area contributed by atoms with E-state index in [4.69, 9.17) is 11.6 Å². The molecule has 0 bridgehead atoms. The molecule has 0 radical (unpaired) electrons. The van der Waals surface area contributed by atoms with Crippen molar-refractivity contribution in [2.24, 2.45) is 0 Å². The van der Waals surface area contributed by atoms with E-state index in [1.54, 1.807) is 0 Å². The van der Waals surface area contributed by atoms with Crippen molar-refractivity contribution in [1.82, 2.24) is 15.2 Å². The van der Waals surface area contributed by atoms with E-state index < -0.39 is 0 Å². The average Bonchev–Trinajstić information content (AvgIpc) is 2.71. The van der Waals surface area contributed by atoms with Crippen molar-refractivity contribution in [1.29, 1.82) is 0 Å². The number of fused-ring (bicyclic) bond motifs is 1. The second-order valence-corrected chi connectivity index (χ2v) is 5.14. The van der Waals surface area contributed by atoms with Crippen LogP contribution in [0.2, 0.25) is 5.02 Å². The molecule has 0 aliphatic carbocycles. The Morgan fingerprint density at radius 2 is 2.29 bits per heavy atom.